The molecule has 0 aliphatic heterocycles. The van der Waals surface area contributed by atoms with E-state index < -0.39 is 5.97 Å². The first-order valence-electron chi connectivity index (χ1n) is 6.49. The van der Waals surface area contributed by atoms with Gasteiger partial charge in [-0.2, -0.15) is 0 Å². The van der Waals surface area contributed by atoms with Crippen LogP contribution in [0.1, 0.15) is 12.5 Å². The Hall–Kier alpha value is -2.69. The van der Waals surface area contributed by atoms with Crippen LogP contribution in [-0.2, 0) is 4.79 Å². The molecule has 1 N–H and O–H groups in total. The highest BCUT2D eigenvalue weighted by Crippen LogP contribution is 2.31. The zero-order valence-electron chi connectivity index (χ0n) is 12.2. The minimum atomic E-state index is -0.431. The summed E-state index contributed by atoms with van der Waals surface area (Å²) in [6, 6.07) is 12.4. The molecule has 0 bridgehead atoms. The lowest BCUT2D eigenvalue weighted by Gasteiger charge is -2.03. The molecular weight excluding hydrogens is 268 g/mol. The Balaban J connectivity index is 2.28. The molecule has 21 heavy (non-hydrogen) atoms. The number of benzene rings is 2. The van der Waals surface area contributed by atoms with Crippen molar-refractivity contribution in [3.8, 4) is 11.5 Å². The molecule has 0 aromatic heterocycles. The van der Waals surface area contributed by atoms with E-state index in [1.165, 1.54) is 13.0 Å². The van der Waals surface area contributed by atoms with Gasteiger partial charge in [-0.15, -0.1) is 0 Å². The van der Waals surface area contributed by atoms with Crippen molar-refractivity contribution in [1.82, 2.24) is 0 Å². The summed E-state index contributed by atoms with van der Waals surface area (Å²) in [5, 5.41) is 14.4. The Morgan fingerprint density at radius 2 is 1.86 bits per heavy atom. The third-order valence-corrected chi connectivity index (χ3v) is 2.86. The van der Waals surface area contributed by atoms with E-state index in [2.05, 4.69) is 5.11 Å². The van der Waals surface area contributed by atoms with E-state index in [4.69, 9.17) is 4.74 Å². The average molecular weight is 285 g/mol. The molecule has 2 aromatic rings. The van der Waals surface area contributed by atoms with Gasteiger partial charge in [0.1, 0.15) is 11.4 Å². The molecule has 2 aromatic carbocycles. The van der Waals surface area contributed by atoms with Crippen LogP contribution in [0, 0.1) is 6.92 Å². The lowest BCUT2D eigenvalue weighted by Crippen LogP contribution is -2.01. The van der Waals surface area contributed by atoms with E-state index in [1.807, 2.05) is 31.2 Å². The van der Waals surface area contributed by atoms with Gasteiger partial charge in [0.25, 0.3) is 5.69 Å². The predicted molar refractivity (Wildman–Crippen MR) is 78.5 cm³/mol. The van der Waals surface area contributed by atoms with Gasteiger partial charge in [-0.25, -0.2) is 0 Å². The Morgan fingerprint density at radius 1 is 1.19 bits per heavy atom. The standard InChI is InChI=1S/C16H16N2O3/c1-11-4-6-13(7-5-11)17-18(3)15-9-8-14(10-16(15)20)21-12(2)19/h4-10H,1-3H3/p+1. The number of azo groups is 2. The second kappa shape index (κ2) is 6.17. The molecular formula is C16H17N2O3+. The molecule has 5 heteroatoms. The Labute approximate surface area is 123 Å². The number of aromatic hydroxyl groups is 1. The lowest BCUT2D eigenvalue weighted by molar-refractivity contribution is -0.477. The van der Waals surface area contributed by atoms with E-state index in [-0.39, 0.29) is 5.75 Å². The fourth-order valence-electron chi connectivity index (χ4n) is 1.84. The zero-order valence-corrected chi connectivity index (χ0v) is 12.2. The minimum absolute atomic E-state index is 0.00730. The zero-order chi connectivity index (χ0) is 15.4. The molecule has 0 aliphatic rings. The maximum atomic E-state index is 10.9. The van der Waals surface area contributed by atoms with E-state index in [0.29, 0.717) is 11.4 Å². The number of carbonyl (C=O) groups excluding carboxylic acids is 1. The highest BCUT2D eigenvalue weighted by atomic mass is 16.5. The summed E-state index contributed by atoms with van der Waals surface area (Å²) in [6.45, 7) is 3.32. The SMILES string of the molecule is CC(=O)Oc1ccc([N+](C)=Nc2ccc(C)cc2)c(O)c1. The summed E-state index contributed by atoms with van der Waals surface area (Å²) in [4.78, 5) is 10.9. The van der Waals surface area contributed by atoms with E-state index in [9.17, 15) is 9.90 Å². The van der Waals surface area contributed by atoms with Crippen LogP contribution >= 0.6 is 0 Å². The second-order valence-corrected chi connectivity index (χ2v) is 4.70. The molecule has 0 atom stereocenters. The first-order chi connectivity index (χ1) is 9.95. The number of esters is 1. The maximum absolute atomic E-state index is 10.9. The average Bonchev–Trinajstić information content (AvgIpc) is 2.40. The van der Waals surface area contributed by atoms with Crippen LogP contribution in [0.25, 0.3) is 0 Å². The molecule has 0 unspecified atom stereocenters. The van der Waals surface area contributed by atoms with Gasteiger partial charge in [0, 0.05) is 19.1 Å². The molecule has 0 heterocycles. The molecule has 0 saturated carbocycles. The van der Waals surface area contributed by atoms with Crippen molar-refractivity contribution in [2.24, 2.45) is 5.11 Å². The molecule has 0 saturated heterocycles. The number of phenols is 1. The third kappa shape index (κ3) is 3.89. The number of hydrogen-bond acceptors (Lipinski definition) is 4. The number of phenolic OH excluding ortho intramolecular Hbond substituents is 1. The summed E-state index contributed by atoms with van der Waals surface area (Å²) in [5.74, 6) is -0.139. The smallest absolute Gasteiger partial charge is 0.308 e. The molecule has 0 amide bonds. The lowest BCUT2D eigenvalue weighted by atomic mass is 10.2. The molecule has 0 fully saturated rings. The quantitative estimate of drug-likeness (QED) is 0.405. The van der Waals surface area contributed by atoms with Crippen molar-refractivity contribution in [3.63, 3.8) is 0 Å². The topological polar surface area (TPSA) is 61.9 Å². The Bertz CT molecular complexity index is 691. The predicted octanol–water partition coefficient (Wildman–Crippen LogP) is 3.68. The highest BCUT2D eigenvalue weighted by Gasteiger charge is 2.14. The molecule has 0 radical (unpaired) electrons. The number of nitrogens with zero attached hydrogens (tertiary/aromatic N) is 2. The summed E-state index contributed by atoms with van der Waals surface area (Å²) >= 11 is 0. The van der Waals surface area contributed by atoms with Crippen LogP contribution in [0.2, 0.25) is 0 Å². The summed E-state index contributed by atoms with van der Waals surface area (Å²) < 4.78 is 6.48. The molecule has 5 nitrogen and oxygen atoms in total. The van der Waals surface area contributed by atoms with Crippen LogP contribution in [0.15, 0.2) is 47.6 Å². The monoisotopic (exact) mass is 285 g/mol. The Kier molecular flexibility index (Phi) is 4.33. The fraction of sp³-hybridized carbons (Fsp3) is 0.188. The normalized spacial score (nSPS) is 11.3. The highest BCUT2D eigenvalue weighted by molar-refractivity contribution is 5.69. The van der Waals surface area contributed by atoms with Gasteiger partial charge in [0.05, 0.1) is 0 Å². The number of aryl methyl sites for hydroxylation is 1. The molecule has 0 aliphatic carbocycles. The van der Waals surface area contributed by atoms with E-state index >= 15 is 0 Å². The molecule has 2 rings (SSSR count). The van der Waals surface area contributed by atoms with Crippen molar-refractivity contribution >= 4 is 17.3 Å². The van der Waals surface area contributed by atoms with Crippen LogP contribution in [0.3, 0.4) is 0 Å². The second-order valence-electron chi connectivity index (χ2n) is 4.70. The van der Waals surface area contributed by atoms with Gasteiger partial charge in [-0.1, -0.05) is 22.4 Å². The van der Waals surface area contributed by atoms with Crippen molar-refractivity contribution < 1.29 is 19.3 Å². The molecule has 108 valence electrons. The van der Waals surface area contributed by atoms with E-state index in [0.717, 1.165) is 11.3 Å². The van der Waals surface area contributed by atoms with Crippen molar-refractivity contribution in [2.75, 3.05) is 7.05 Å². The molecule has 0 spiro atoms. The first-order valence-corrected chi connectivity index (χ1v) is 6.49. The largest absolute Gasteiger partial charge is 0.502 e. The van der Waals surface area contributed by atoms with Gasteiger partial charge in [-0.3, -0.25) is 4.79 Å². The van der Waals surface area contributed by atoms with Crippen molar-refractivity contribution in [1.29, 1.82) is 0 Å². The summed E-state index contributed by atoms with van der Waals surface area (Å²) in [7, 11) is 1.74. The third-order valence-electron chi connectivity index (χ3n) is 2.86. The number of carbonyl (C=O) groups is 1. The van der Waals surface area contributed by atoms with Gasteiger partial charge in [-0.05, 0) is 30.2 Å². The Morgan fingerprint density at radius 3 is 2.43 bits per heavy atom. The van der Waals surface area contributed by atoms with Gasteiger partial charge >= 0.3 is 5.97 Å². The number of hydrogen-bond donors (Lipinski definition) is 1. The summed E-state index contributed by atoms with van der Waals surface area (Å²) in [6.07, 6.45) is 0. The van der Waals surface area contributed by atoms with Gasteiger partial charge in [0.2, 0.25) is 0 Å². The van der Waals surface area contributed by atoms with Crippen molar-refractivity contribution in [3.05, 3.63) is 48.0 Å². The van der Waals surface area contributed by atoms with Crippen LogP contribution < -0.4 is 4.74 Å². The minimum Gasteiger partial charge on any atom is -0.502 e. The number of ether oxygens (including phenoxy) is 1. The fourth-order valence-corrected chi connectivity index (χ4v) is 1.84. The van der Waals surface area contributed by atoms with Crippen LogP contribution in [0.4, 0.5) is 11.4 Å². The van der Waals surface area contributed by atoms with Gasteiger partial charge < -0.3 is 9.84 Å². The first kappa shape index (κ1) is 14.7. The van der Waals surface area contributed by atoms with Crippen LogP contribution in [0.5, 0.6) is 11.5 Å². The van der Waals surface area contributed by atoms with Crippen LogP contribution in [-0.4, -0.2) is 22.8 Å². The van der Waals surface area contributed by atoms with E-state index in [1.54, 1.807) is 23.9 Å². The van der Waals surface area contributed by atoms with Gasteiger partial charge in [0.15, 0.2) is 12.8 Å². The summed E-state index contributed by atoms with van der Waals surface area (Å²) in [5.41, 5.74) is 2.46. The van der Waals surface area contributed by atoms with Crippen molar-refractivity contribution in [2.45, 2.75) is 13.8 Å². The number of rotatable bonds is 3. The maximum Gasteiger partial charge on any atom is 0.308 e.